The van der Waals surface area contributed by atoms with Gasteiger partial charge in [0.05, 0.1) is 29.1 Å². The van der Waals surface area contributed by atoms with Crippen molar-refractivity contribution in [3.63, 3.8) is 0 Å². The Kier molecular flexibility index (Phi) is 9.21. The molecule has 1 heterocycles. The van der Waals surface area contributed by atoms with Gasteiger partial charge in [-0.05, 0) is 36.8 Å². The highest BCUT2D eigenvalue weighted by Crippen LogP contribution is 2.46. The first-order valence-electron chi connectivity index (χ1n) is 12.3. The van der Waals surface area contributed by atoms with Crippen LogP contribution in [0.25, 0.3) is 0 Å². The molecule has 12 heteroatoms. The quantitative estimate of drug-likeness (QED) is 0.274. The predicted octanol–water partition coefficient (Wildman–Crippen LogP) is 2.42. The molecule has 1 aromatic rings. The summed E-state index contributed by atoms with van der Waals surface area (Å²) in [6.45, 7) is 5.21. The van der Waals surface area contributed by atoms with Crippen LogP contribution in [-0.2, 0) is 25.5 Å². The van der Waals surface area contributed by atoms with Crippen LogP contribution in [0.4, 0.5) is 0 Å². The summed E-state index contributed by atoms with van der Waals surface area (Å²) < 4.78 is 6.05. The summed E-state index contributed by atoms with van der Waals surface area (Å²) >= 11 is 0.796. The number of phenols is 1. The number of nitrogens with one attached hydrogen (secondary N) is 2. The Hall–Kier alpha value is -3.38. The van der Waals surface area contributed by atoms with Gasteiger partial charge in [0.1, 0.15) is 17.5 Å². The third kappa shape index (κ3) is 6.18. The molecule has 0 aromatic heterocycles. The van der Waals surface area contributed by atoms with Gasteiger partial charge < -0.3 is 30.7 Å². The Morgan fingerprint density at radius 2 is 1.87 bits per heavy atom. The third-order valence-corrected chi connectivity index (χ3v) is 7.59. The topological polar surface area (TPSA) is 179 Å². The van der Waals surface area contributed by atoms with Crippen molar-refractivity contribution in [2.45, 2.75) is 64.7 Å². The lowest BCUT2D eigenvalue weighted by atomic mass is 9.82. The van der Waals surface area contributed by atoms with Crippen molar-refractivity contribution in [1.29, 1.82) is 0 Å². The molecule has 11 nitrogen and oxygen atoms in total. The van der Waals surface area contributed by atoms with Crippen LogP contribution < -0.4 is 10.6 Å². The molecule has 0 spiro atoms. The second-order valence-corrected chi connectivity index (χ2v) is 10.8. The van der Waals surface area contributed by atoms with Gasteiger partial charge in [-0.1, -0.05) is 13.8 Å². The van der Waals surface area contributed by atoms with E-state index < -0.39 is 47.7 Å². The van der Waals surface area contributed by atoms with E-state index in [-0.39, 0.29) is 46.1 Å². The lowest BCUT2D eigenvalue weighted by molar-refractivity contribution is -0.142. The van der Waals surface area contributed by atoms with Crippen LogP contribution in [0.3, 0.4) is 0 Å². The maximum absolute atomic E-state index is 13.6. The number of carbonyl (C=O) groups is 5. The fourth-order valence-electron chi connectivity index (χ4n) is 4.70. The Labute approximate surface area is 224 Å². The van der Waals surface area contributed by atoms with Gasteiger partial charge in [0.25, 0.3) is 0 Å². The molecule has 38 heavy (non-hydrogen) atoms. The van der Waals surface area contributed by atoms with E-state index in [4.69, 9.17) is 4.74 Å². The van der Waals surface area contributed by atoms with Crippen LogP contribution in [0.5, 0.6) is 5.75 Å². The molecular weight excluding hydrogens is 516 g/mol. The van der Waals surface area contributed by atoms with Gasteiger partial charge in [0, 0.05) is 30.9 Å². The highest BCUT2D eigenvalue weighted by Gasteiger charge is 2.40. The molecule has 1 aliphatic heterocycles. The number of aliphatic carboxylic acids is 2. The van der Waals surface area contributed by atoms with Crippen molar-refractivity contribution in [1.82, 2.24) is 10.6 Å². The highest BCUT2D eigenvalue weighted by atomic mass is 32.2. The number of phenolic OH excluding ortho intramolecular Hbond substituents is 1. The van der Waals surface area contributed by atoms with E-state index in [1.807, 2.05) is 13.8 Å². The first-order chi connectivity index (χ1) is 17.8. The second kappa shape index (κ2) is 12.0. The molecule has 2 aliphatic rings. The van der Waals surface area contributed by atoms with Crippen LogP contribution >= 0.6 is 11.8 Å². The standard InChI is InChI=1S/C26H32N2O9S/c1-11(2)5-6-17-19-13(7-14(37-17)9-18(30)31)8-15-20(23(19)33)24(34)25(21(27-4)22(15)32)38-10-16(26(35)36)28-12(3)29/h8,11,14,16-17,27,33H,5-7,9-10H2,1-4H3,(H,28,29)(H,30,31)(H,35,36)/t14-,16?,17-/m1/s1. The number of ketones is 2. The molecule has 0 saturated carbocycles. The van der Waals surface area contributed by atoms with Crippen molar-refractivity contribution < 1.29 is 44.0 Å². The summed E-state index contributed by atoms with van der Waals surface area (Å²) in [4.78, 5) is 61.3. The van der Waals surface area contributed by atoms with Crippen molar-refractivity contribution in [2.24, 2.45) is 5.92 Å². The molecule has 0 fully saturated rings. The summed E-state index contributed by atoms with van der Waals surface area (Å²) in [6.07, 6.45) is -0.219. The smallest absolute Gasteiger partial charge is 0.327 e. The molecule has 0 bridgehead atoms. The molecule has 1 unspecified atom stereocenters. The van der Waals surface area contributed by atoms with Crippen LogP contribution in [0.2, 0.25) is 0 Å². The summed E-state index contributed by atoms with van der Waals surface area (Å²) in [5.74, 6) is -4.42. The zero-order valence-corrected chi connectivity index (χ0v) is 22.4. The number of ether oxygens (including phenoxy) is 1. The maximum atomic E-state index is 13.6. The van der Waals surface area contributed by atoms with Crippen molar-refractivity contribution in [3.05, 3.63) is 38.9 Å². The van der Waals surface area contributed by atoms with Gasteiger partial charge in [-0.2, -0.15) is 0 Å². The molecule has 1 aliphatic carbocycles. The minimum atomic E-state index is -1.30. The molecular formula is C26H32N2O9S. The molecule has 3 rings (SSSR count). The fourth-order valence-corrected chi connectivity index (χ4v) is 5.83. The Morgan fingerprint density at radius 3 is 2.42 bits per heavy atom. The number of aromatic hydroxyl groups is 1. The number of carbonyl (C=O) groups excluding carboxylic acids is 3. The lowest BCUT2D eigenvalue weighted by Crippen LogP contribution is -2.41. The largest absolute Gasteiger partial charge is 0.507 e. The number of likely N-dealkylation sites (N-methyl/N-ethyl adjacent to an activating group) is 1. The number of rotatable bonds is 11. The van der Waals surface area contributed by atoms with E-state index in [0.717, 1.165) is 18.2 Å². The first kappa shape index (κ1) is 29.2. The molecule has 5 N–H and O–H groups in total. The fraction of sp³-hybridized carbons (Fsp3) is 0.500. The SMILES string of the molecule is CNC1=C(SCC(NC(C)=O)C(=O)O)C(=O)c2c(cc3c(c2O)[C@@H](CCC(C)C)O[C@@H](CC(=O)O)C3)C1=O. The molecule has 0 radical (unpaired) electrons. The van der Waals surface area contributed by atoms with E-state index in [2.05, 4.69) is 10.6 Å². The number of benzene rings is 1. The monoisotopic (exact) mass is 548 g/mol. The normalized spacial score (nSPS) is 19.6. The van der Waals surface area contributed by atoms with Crippen molar-refractivity contribution in [3.8, 4) is 5.75 Å². The van der Waals surface area contributed by atoms with Crippen LogP contribution in [-0.4, -0.2) is 69.7 Å². The number of carboxylic acid groups (broad SMARTS) is 2. The number of fused-ring (bicyclic) bond motifs is 2. The minimum absolute atomic E-state index is 0.0184. The van der Waals surface area contributed by atoms with Gasteiger partial charge in [-0.15, -0.1) is 11.8 Å². The minimum Gasteiger partial charge on any atom is -0.507 e. The summed E-state index contributed by atoms with van der Waals surface area (Å²) in [5, 5.41) is 35.1. The van der Waals surface area contributed by atoms with Crippen LogP contribution in [0.1, 0.15) is 78.0 Å². The Bertz CT molecular complexity index is 1210. The summed E-state index contributed by atoms with van der Waals surface area (Å²) in [7, 11) is 1.45. The van der Waals surface area contributed by atoms with Gasteiger partial charge in [0.15, 0.2) is 0 Å². The Morgan fingerprint density at radius 1 is 1.18 bits per heavy atom. The highest BCUT2D eigenvalue weighted by molar-refractivity contribution is 8.04. The zero-order chi connectivity index (χ0) is 28.3. The number of carboxylic acids is 2. The number of allylic oxidation sites excluding steroid dienone is 2. The maximum Gasteiger partial charge on any atom is 0.327 e. The lowest BCUT2D eigenvalue weighted by Gasteiger charge is -2.34. The summed E-state index contributed by atoms with van der Waals surface area (Å²) in [6, 6.07) is 0.227. The second-order valence-electron chi connectivity index (χ2n) is 9.76. The molecule has 206 valence electrons. The average molecular weight is 549 g/mol. The number of thioether (sulfide) groups is 1. The van der Waals surface area contributed by atoms with E-state index >= 15 is 0 Å². The predicted molar refractivity (Wildman–Crippen MR) is 138 cm³/mol. The number of hydrogen-bond acceptors (Lipinski definition) is 9. The van der Waals surface area contributed by atoms with Gasteiger partial charge in [0.2, 0.25) is 17.5 Å². The molecule has 0 saturated heterocycles. The van der Waals surface area contributed by atoms with Gasteiger partial charge >= 0.3 is 11.9 Å². The average Bonchev–Trinajstić information content (AvgIpc) is 2.81. The zero-order valence-electron chi connectivity index (χ0n) is 21.6. The molecule has 1 amide bonds. The molecule has 1 aromatic carbocycles. The third-order valence-electron chi connectivity index (χ3n) is 6.41. The van der Waals surface area contributed by atoms with E-state index in [0.29, 0.717) is 23.5 Å². The van der Waals surface area contributed by atoms with Crippen molar-refractivity contribution in [2.75, 3.05) is 12.8 Å². The van der Waals surface area contributed by atoms with Crippen LogP contribution in [0.15, 0.2) is 16.7 Å². The van der Waals surface area contributed by atoms with E-state index in [1.54, 1.807) is 0 Å². The van der Waals surface area contributed by atoms with Gasteiger partial charge in [-0.25, -0.2) is 4.79 Å². The number of amides is 1. The van der Waals surface area contributed by atoms with Crippen LogP contribution in [0, 0.1) is 5.92 Å². The Balaban J connectivity index is 2.06. The van der Waals surface area contributed by atoms with Crippen molar-refractivity contribution >= 4 is 41.2 Å². The molecule has 3 atom stereocenters. The van der Waals surface area contributed by atoms with E-state index in [1.165, 1.54) is 20.0 Å². The first-order valence-corrected chi connectivity index (χ1v) is 13.2. The van der Waals surface area contributed by atoms with Gasteiger partial charge in [-0.3, -0.25) is 19.2 Å². The number of hydrogen-bond donors (Lipinski definition) is 5. The number of Topliss-reactive ketones (excluding diaryl/α,β-unsaturated/α-hetero) is 2. The summed E-state index contributed by atoms with van der Waals surface area (Å²) in [5.41, 5.74) is 0.652. The van der Waals surface area contributed by atoms with E-state index in [9.17, 15) is 39.3 Å².